The van der Waals surface area contributed by atoms with E-state index in [-0.39, 0.29) is 5.30 Å². The summed E-state index contributed by atoms with van der Waals surface area (Å²) < 4.78 is 75.1. The molecular formula is C13H13F4O4P. The van der Waals surface area contributed by atoms with Gasteiger partial charge in [0.2, 0.25) is 0 Å². The van der Waals surface area contributed by atoms with Gasteiger partial charge in [0.15, 0.2) is 0 Å². The normalized spacial score (nSPS) is 11.0. The molecule has 0 amide bonds. The van der Waals surface area contributed by atoms with Crippen LogP contribution in [0.15, 0.2) is 48.6 Å². The molecule has 122 valence electrons. The summed E-state index contributed by atoms with van der Waals surface area (Å²) in [5.41, 5.74) is 0. The third-order valence-electron chi connectivity index (χ3n) is 2.35. The number of hydrogen-bond donors (Lipinski definition) is 0. The van der Waals surface area contributed by atoms with Gasteiger partial charge in [0.25, 0.3) is 12.2 Å². The second-order valence-corrected chi connectivity index (χ2v) is 5.80. The van der Waals surface area contributed by atoms with Gasteiger partial charge in [-0.25, -0.2) is 0 Å². The van der Waals surface area contributed by atoms with Crippen molar-refractivity contribution >= 4 is 12.9 Å². The highest BCUT2D eigenvalue weighted by molar-refractivity contribution is 7.62. The molecular weight excluding hydrogens is 327 g/mol. The summed E-state index contributed by atoms with van der Waals surface area (Å²) in [5, 5.41) is 0.0358. The standard InChI is InChI=1S/C13H13F4O4P/c1-19-10-2-4-11(5-3-10)22(18,20-8-6-12(14)15)21-9-7-13(16)17/h2-7H,8-9H2,1H3. The Labute approximate surface area is 124 Å². The molecule has 0 spiro atoms. The van der Waals surface area contributed by atoms with Crippen molar-refractivity contribution in [2.75, 3.05) is 20.3 Å². The van der Waals surface area contributed by atoms with Crippen LogP contribution < -0.4 is 10.0 Å². The Kier molecular flexibility index (Phi) is 7.31. The van der Waals surface area contributed by atoms with Crippen LogP contribution in [0.1, 0.15) is 0 Å². The highest BCUT2D eigenvalue weighted by Crippen LogP contribution is 2.47. The first-order valence-corrected chi connectivity index (χ1v) is 7.47. The van der Waals surface area contributed by atoms with E-state index < -0.39 is 33.0 Å². The van der Waals surface area contributed by atoms with E-state index in [1.54, 1.807) is 0 Å². The van der Waals surface area contributed by atoms with Gasteiger partial charge in [0.1, 0.15) is 5.75 Å². The van der Waals surface area contributed by atoms with Crippen molar-refractivity contribution in [1.29, 1.82) is 0 Å². The predicted octanol–water partition coefficient (Wildman–Crippen LogP) is 4.11. The minimum Gasteiger partial charge on any atom is -0.497 e. The van der Waals surface area contributed by atoms with Gasteiger partial charge in [-0.3, -0.25) is 4.57 Å². The van der Waals surface area contributed by atoms with E-state index in [9.17, 15) is 22.1 Å². The lowest BCUT2D eigenvalue weighted by atomic mass is 10.3. The van der Waals surface area contributed by atoms with E-state index >= 15 is 0 Å². The Morgan fingerprint density at radius 2 is 1.45 bits per heavy atom. The summed E-state index contributed by atoms with van der Waals surface area (Å²) in [5.74, 6) is 0.458. The number of rotatable bonds is 8. The molecule has 0 saturated carbocycles. The van der Waals surface area contributed by atoms with Crippen LogP contribution in [-0.2, 0) is 13.6 Å². The fraction of sp³-hybridized carbons (Fsp3) is 0.231. The first kappa shape index (κ1) is 18.4. The van der Waals surface area contributed by atoms with E-state index in [1.165, 1.54) is 31.4 Å². The van der Waals surface area contributed by atoms with Crippen molar-refractivity contribution in [3.05, 3.63) is 48.6 Å². The van der Waals surface area contributed by atoms with Crippen LogP contribution in [0.25, 0.3) is 0 Å². The van der Waals surface area contributed by atoms with Gasteiger partial charge in [-0.05, 0) is 24.3 Å². The van der Waals surface area contributed by atoms with Gasteiger partial charge >= 0.3 is 7.60 Å². The first-order chi connectivity index (χ1) is 10.4. The Bertz CT molecular complexity index is 552. The number of hydrogen-bond acceptors (Lipinski definition) is 4. The van der Waals surface area contributed by atoms with Crippen molar-refractivity contribution in [1.82, 2.24) is 0 Å². The molecule has 4 nitrogen and oxygen atoms in total. The molecule has 0 saturated heterocycles. The molecule has 1 rings (SSSR count). The van der Waals surface area contributed by atoms with E-state index in [0.29, 0.717) is 17.9 Å². The fourth-order valence-corrected chi connectivity index (χ4v) is 2.78. The SMILES string of the molecule is COc1ccc(P(=O)(OCC=C(F)F)OCC=C(F)F)cc1. The maximum absolute atomic E-state index is 12.5. The van der Waals surface area contributed by atoms with Gasteiger partial charge in [-0.2, -0.15) is 17.6 Å². The van der Waals surface area contributed by atoms with Crippen molar-refractivity contribution in [2.24, 2.45) is 0 Å². The van der Waals surface area contributed by atoms with Crippen molar-refractivity contribution in [3.63, 3.8) is 0 Å². The van der Waals surface area contributed by atoms with E-state index in [2.05, 4.69) is 0 Å². The molecule has 9 heteroatoms. The molecule has 0 bridgehead atoms. The second-order valence-electron chi connectivity index (χ2n) is 3.77. The predicted molar refractivity (Wildman–Crippen MR) is 72.7 cm³/mol. The Morgan fingerprint density at radius 3 is 1.82 bits per heavy atom. The molecule has 22 heavy (non-hydrogen) atoms. The van der Waals surface area contributed by atoms with Crippen LogP contribution >= 0.6 is 7.60 Å². The Morgan fingerprint density at radius 1 is 1.00 bits per heavy atom. The largest absolute Gasteiger partial charge is 0.497 e. The number of methoxy groups -OCH3 is 1. The molecule has 0 fully saturated rings. The molecule has 0 aliphatic rings. The van der Waals surface area contributed by atoms with Crippen LogP contribution in [0.4, 0.5) is 17.6 Å². The maximum atomic E-state index is 12.5. The van der Waals surface area contributed by atoms with Crippen LogP contribution in [0.2, 0.25) is 0 Å². The molecule has 0 aliphatic heterocycles. The lowest BCUT2D eigenvalue weighted by Crippen LogP contribution is -2.11. The average molecular weight is 340 g/mol. The van der Waals surface area contributed by atoms with Crippen molar-refractivity contribution in [2.45, 2.75) is 0 Å². The van der Waals surface area contributed by atoms with E-state index in [1.807, 2.05) is 0 Å². The smallest absolute Gasteiger partial charge is 0.361 e. The number of ether oxygens (including phenoxy) is 1. The minimum absolute atomic E-state index is 0.0358. The molecule has 0 unspecified atom stereocenters. The highest BCUT2D eigenvalue weighted by atomic mass is 31.2. The van der Waals surface area contributed by atoms with Gasteiger partial charge in [-0.15, -0.1) is 0 Å². The van der Waals surface area contributed by atoms with E-state index in [0.717, 1.165) is 0 Å². The zero-order valence-electron chi connectivity index (χ0n) is 11.5. The molecule has 0 N–H and O–H groups in total. The lowest BCUT2D eigenvalue weighted by molar-refractivity contribution is 0.242. The molecule has 1 aromatic rings. The average Bonchev–Trinajstić information content (AvgIpc) is 2.46. The molecule has 0 aliphatic carbocycles. The number of halogens is 4. The quantitative estimate of drug-likeness (QED) is 0.528. The summed E-state index contributed by atoms with van der Waals surface area (Å²) >= 11 is 0. The van der Waals surface area contributed by atoms with Crippen molar-refractivity contribution < 1.29 is 35.9 Å². The fourth-order valence-electron chi connectivity index (χ4n) is 1.35. The molecule has 0 atom stereocenters. The molecule has 0 heterocycles. The van der Waals surface area contributed by atoms with Gasteiger partial charge in [-0.1, -0.05) is 0 Å². The lowest BCUT2D eigenvalue weighted by Gasteiger charge is -2.17. The van der Waals surface area contributed by atoms with Crippen LogP contribution in [-0.4, -0.2) is 20.3 Å². The van der Waals surface area contributed by atoms with Gasteiger partial charge < -0.3 is 13.8 Å². The van der Waals surface area contributed by atoms with E-state index in [4.69, 9.17) is 13.8 Å². The van der Waals surface area contributed by atoms with Crippen LogP contribution in [0.5, 0.6) is 5.75 Å². The Balaban J connectivity index is 2.94. The molecule has 1 aromatic carbocycles. The second kappa shape index (κ2) is 8.73. The number of benzene rings is 1. The highest BCUT2D eigenvalue weighted by Gasteiger charge is 2.27. The Hall–Kier alpha value is -1.63. The zero-order valence-corrected chi connectivity index (χ0v) is 12.4. The van der Waals surface area contributed by atoms with Gasteiger partial charge in [0, 0.05) is 12.2 Å². The minimum atomic E-state index is -4.03. The monoisotopic (exact) mass is 340 g/mol. The summed E-state index contributed by atoms with van der Waals surface area (Å²) in [6.07, 6.45) is -3.25. The topological polar surface area (TPSA) is 44.8 Å². The first-order valence-electron chi connectivity index (χ1n) is 5.93. The zero-order chi connectivity index (χ0) is 16.6. The van der Waals surface area contributed by atoms with Gasteiger partial charge in [0.05, 0.1) is 25.6 Å². The van der Waals surface area contributed by atoms with Crippen LogP contribution in [0.3, 0.4) is 0 Å². The maximum Gasteiger partial charge on any atom is 0.361 e. The third kappa shape index (κ3) is 6.01. The van der Waals surface area contributed by atoms with Crippen LogP contribution in [0, 0.1) is 0 Å². The molecule has 0 radical (unpaired) electrons. The third-order valence-corrected chi connectivity index (χ3v) is 4.26. The molecule has 0 aromatic heterocycles. The van der Waals surface area contributed by atoms with Crippen molar-refractivity contribution in [3.8, 4) is 5.75 Å². The summed E-state index contributed by atoms with van der Waals surface area (Å²) in [7, 11) is -2.60. The summed E-state index contributed by atoms with van der Waals surface area (Å²) in [4.78, 5) is 0. The summed E-state index contributed by atoms with van der Waals surface area (Å²) in [6.45, 7) is -1.37. The summed E-state index contributed by atoms with van der Waals surface area (Å²) in [6, 6.07) is 5.58.